The third kappa shape index (κ3) is 3.55. The van der Waals surface area contributed by atoms with E-state index in [4.69, 9.17) is 11.6 Å². The van der Waals surface area contributed by atoms with Gasteiger partial charge in [0.15, 0.2) is 0 Å². The predicted octanol–water partition coefficient (Wildman–Crippen LogP) is 2.01. The van der Waals surface area contributed by atoms with Crippen molar-refractivity contribution < 1.29 is 9.90 Å². The Kier molecular flexibility index (Phi) is 4.70. The number of carbonyl (C=O) groups excluding carboxylic acids is 1. The van der Waals surface area contributed by atoms with Gasteiger partial charge < -0.3 is 10.4 Å². The van der Waals surface area contributed by atoms with E-state index in [1.807, 2.05) is 6.92 Å². The summed E-state index contributed by atoms with van der Waals surface area (Å²) in [4.78, 5) is 11.9. The number of halogens is 1. The van der Waals surface area contributed by atoms with E-state index < -0.39 is 6.10 Å². The van der Waals surface area contributed by atoms with Gasteiger partial charge in [-0.3, -0.25) is 4.79 Å². The number of carbonyl (C=O) groups is 1. The first-order valence-corrected chi connectivity index (χ1v) is 6.60. The number of benzene rings is 1. The Morgan fingerprint density at radius 2 is 2.25 bits per heavy atom. The van der Waals surface area contributed by atoms with Crippen molar-refractivity contribution in [2.45, 2.75) is 26.0 Å². The first kappa shape index (κ1) is 14.5. The van der Waals surface area contributed by atoms with Crippen LogP contribution in [0.5, 0.6) is 0 Å². The van der Waals surface area contributed by atoms with Crippen LogP contribution in [-0.4, -0.2) is 26.0 Å². The molecule has 1 aromatic carbocycles. The van der Waals surface area contributed by atoms with Crippen molar-refractivity contribution in [3.05, 3.63) is 41.2 Å². The van der Waals surface area contributed by atoms with Gasteiger partial charge in [0, 0.05) is 0 Å². The minimum Gasteiger partial charge on any atom is -0.387 e. The van der Waals surface area contributed by atoms with Gasteiger partial charge in [-0.1, -0.05) is 35.9 Å². The van der Waals surface area contributed by atoms with Crippen LogP contribution in [-0.2, 0) is 11.3 Å². The molecule has 2 aromatic rings. The lowest BCUT2D eigenvalue weighted by Crippen LogP contribution is -2.19. The fraction of sp³-hybridized carbons (Fsp3) is 0.308. The molecule has 0 bridgehead atoms. The number of para-hydroxylation sites is 1. The standard InChI is InChI=1S/C13H15ClN4O2/c1-2-12(19)11-7-18(17-16-11)8-13(20)15-10-6-4-3-5-9(10)14/h3-7,12,19H,2,8H2,1H3,(H,15,20). The Bertz CT molecular complexity index is 600. The van der Waals surface area contributed by atoms with Crippen LogP contribution in [0.25, 0.3) is 0 Å². The molecule has 20 heavy (non-hydrogen) atoms. The predicted molar refractivity (Wildman–Crippen MR) is 75.4 cm³/mol. The van der Waals surface area contributed by atoms with Crippen LogP contribution in [0.4, 0.5) is 5.69 Å². The maximum Gasteiger partial charge on any atom is 0.246 e. The molecule has 106 valence electrons. The van der Waals surface area contributed by atoms with Crippen LogP contribution in [0.1, 0.15) is 25.1 Å². The Balaban J connectivity index is 1.98. The summed E-state index contributed by atoms with van der Waals surface area (Å²) < 4.78 is 1.38. The number of aliphatic hydroxyl groups excluding tert-OH is 1. The second-order valence-corrected chi connectivity index (χ2v) is 4.70. The van der Waals surface area contributed by atoms with Gasteiger partial charge in [0.1, 0.15) is 12.2 Å². The number of rotatable bonds is 5. The lowest BCUT2D eigenvalue weighted by Gasteiger charge is -2.06. The zero-order valence-electron chi connectivity index (χ0n) is 11.0. The van der Waals surface area contributed by atoms with Crippen LogP contribution in [0, 0.1) is 0 Å². The normalized spacial score (nSPS) is 12.2. The highest BCUT2D eigenvalue weighted by molar-refractivity contribution is 6.33. The van der Waals surface area contributed by atoms with E-state index in [2.05, 4.69) is 15.6 Å². The molecule has 1 amide bonds. The summed E-state index contributed by atoms with van der Waals surface area (Å²) in [7, 11) is 0. The molecule has 0 radical (unpaired) electrons. The third-order valence-corrected chi connectivity index (χ3v) is 3.07. The number of aliphatic hydroxyl groups is 1. The maximum atomic E-state index is 11.9. The van der Waals surface area contributed by atoms with Gasteiger partial charge in [-0.25, -0.2) is 4.68 Å². The minimum atomic E-state index is -0.657. The molecule has 1 unspecified atom stereocenters. The molecule has 7 heteroatoms. The second kappa shape index (κ2) is 6.49. The highest BCUT2D eigenvalue weighted by Gasteiger charge is 2.12. The Morgan fingerprint density at radius 3 is 2.95 bits per heavy atom. The number of nitrogens with zero attached hydrogens (tertiary/aromatic N) is 3. The number of hydrogen-bond acceptors (Lipinski definition) is 4. The molecule has 6 nitrogen and oxygen atoms in total. The lowest BCUT2D eigenvalue weighted by atomic mass is 10.2. The Labute approximate surface area is 121 Å². The summed E-state index contributed by atoms with van der Waals surface area (Å²) in [6, 6.07) is 6.98. The van der Waals surface area contributed by atoms with Gasteiger partial charge in [0.2, 0.25) is 5.91 Å². The van der Waals surface area contributed by atoms with Crippen LogP contribution in [0.15, 0.2) is 30.5 Å². The number of aromatic nitrogens is 3. The molecule has 0 spiro atoms. The molecule has 1 aromatic heterocycles. The summed E-state index contributed by atoms with van der Waals surface area (Å²) in [5.41, 5.74) is 1.01. The van der Waals surface area contributed by atoms with Gasteiger partial charge in [-0.05, 0) is 18.6 Å². The van der Waals surface area contributed by atoms with E-state index in [9.17, 15) is 9.90 Å². The SMILES string of the molecule is CCC(O)c1cn(CC(=O)Nc2ccccc2Cl)nn1. The number of amides is 1. The Morgan fingerprint density at radius 1 is 1.50 bits per heavy atom. The number of anilines is 1. The monoisotopic (exact) mass is 294 g/mol. The van der Waals surface area contributed by atoms with Gasteiger partial charge in [0.25, 0.3) is 0 Å². The maximum absolute atomic E-state index is 11.9. The van der Waals surface area contributed by atoms with E-state index in [1.54, 1.807) is 30.5 Å². The van der Waals surface area contributed by atoms with Crippen LogP contribution in [0.3, 0.4) is 0 Å². The molecule has 0 aliphatic rings. The smallest absolute Gasteiger partial charge is 0.246 e. The molecular weight excluding hydrogens is 280 g/mol. The molecular formula is C13H15ClN4O2. The molecule has 1 atom stereocenters. The molecule has 0 saturated carbocycles. The van der Waals surface area contributed by atoms with Gasteiger partial charge in [-0.15, -0.1) is 5.10 Å². The van der Waals surface area contributed by atoms with Crippen LogP contribution in [0.2, 0.25) is 5.02 Å². The minimum absolute atomic E-state index is 0.00859. The first-order valence-electron chi connectivity index (χ1n) is 6.22. The van der Waals surface area contributed by atoms with Crippen molar-refractivity contribution in [1.82, 2.24) is 15.0 Å². The molecule has 0 aliphatic heterocycles. The summed E-state index contributed by atoms with van der Waals surface area (Å²) in [5.74, 6) is -0.263. The summed E-state index contributed by atoms with van der Waals surface area (Å²) in [6.45, 7) is 1.85. The fourth-order valence-electron chi connectivity index (χ4n) is 1.65. The van der Waals surface area contributed by atoms with E-state index in [0.717, 1.165) is 0 Å². The molecule has 2 rings (SSSR count). The van der Waals surface area contributed by atoms with Crippen molar-refractivity contribution >= 4 is 23.2 Å². The van der Waals surface area contributed by atoms with Gasteiger partial charge in [-0.2, -0.15) is 0 Å². The third-order valence-electron chi connectivity index (χ3n) is 2.74. The van der Waals surface area contributed by atoms with Crippen molar-refractivity contribution in [2.24, 2.45) is 0 Å². The van der Waals surface area contributed by atoms with E-state index in [-0.39, 0.29) is 12.5 Å². The number of nitrogens with one attached hydrogen (secondary N) is 1. The van der Waals surface area contributed by atoms with Crippen molar-refractivity contribution in [3.8, 4) is 0 Å². The highest BCUT2D eigenvalue weighted by atomic mass is 35.5. The van der Waals surface area contributed by atoms with Gasteiger partial charge >= 0.3 is 0 Å². The summed E-state index contributed by atoms with van der Waals surface area (Å²) >= 11 is 5.95. The van der Waals surface area contributed by atoms with Crippen molar-refractivity contribution in [1.29, 1.82) is 0 Å². The molecule has 0 saturated heterocycles. The van der Waals surface area contributed by atoms with Crippen molar-refractivity contribution in [3.63, 3.8) is 0 Å². The summed E-state index contributed by atoms with van der Waals surface area (Å²) in [5, 5.41) is 20.4. The molecule has 2 N–H and O–H groups in total. The zero-order chi connectivity index (χ0) is 14.5. The average Bonchev–Trinajstić information content (AvgIpc) is 2.89. The van der Waals surface area contributed by atoms with Crippen molar-refractivity contribution in [2.75, 3.05) is 5.32 Å². The van der Waals surface area contributed by atoms with E-state index in [0.29, 0.717) is 22.8 Å². The molecule has 0 aliphatic carbocycles. The van der Waals surface area contributed by atoms with E-state index in [1.165, 1.54) is 4.68 Å². The zero-order valence-corrected chi connectivity index (χ0v) is 11.7. The van der Waals surface area contributed by atoms with Crippen LogP contribution < -0.4 is 5.32 Å². The molecule has 0 fully saturated rings. The van der Waals surface area contributed by atoms with Gasteiger partial charge in [0.05, 0.1) is 23.0 Å². The first-order chi connectivity index (χ1) is 9.60. The highest BCUT2D eigenvalue weighted by Crippen LogP contribution is 2.20. The lowest BCUT2D eigenvalue weighted by molar-refractivity contribution is -0.116. The number of hydrogen-bond donors (Lipinski definition) is 2. The quantitative estimate of drug-likeness (QED) is 0.884. The second-order valence-electron chi connectivity index (χ2n) is 4.29. The fourth-order valence-corrected chi connectivity index (χ4v) is 1.83. The van der Waals surface area contributed by atoms with E-state index >= 15 is 0 Å². The topological polar surface area (TPSA) is 80.0 Å². The Hall–Kier alpha value is -1.92. The largest absolute Gasteiger partial charge is 0.387 e. The van der Waals surface area contributed by atoms with Crippen LogP contribution >= 0.6 is 11.6 Å². The molecule has 1 heterocycles. The summed E-state index contributed by atoms with van der Waals surface area (Å²) in [6.07, 6.45) is 1.44. The average molecular weight is 295 g/mol.